The summed E-state index contributed by atoms with van der Waals surface area (Å²) in [5.74, 6) is 0.0430. The Morgan fingerprint density at radius 1 is 1.10 bits per heavy atom. The van der Waals surface area contributed by atoms with E-state index in [1.165, 1.54) is 11.8 Å². The van der Waals surface area contributed by atoms with Crippen LogP contribution in [0.15, 0.2) is 70.7 Å². The first-order valence-electron chi connectivity index (χ1n) is 10.3. The molecule has 0 radical (unpaired) electrons. The van der Waals surface area contributed by atoms with Gasteiger partial charge in [-0.1, -0.05) is 67.2 Å². The van der Waals surface area contributed by atoms with Crippen molar-refractivity contribution in [2.75, 3.05) is 11.1 Å². The highest BCUT2D eigenvalue weighted by Crippen LogP contribution is 2.27. The zero-order chi connectivity index (χ0) is 21.8. The molecule has 4 aromatic rings. The third-order valence-electron chi connectivity index (χ3n) is 5.16. The van der Waals surface area contributed by atoms with Crippen molar-refractivity contribution in [1.82, 2.24) is 14.5 Å². The average Bonchev–Trinajstić information content (AvgIpc) is 3.23. The Kier molecular flexibility index (Phi) is 6.23. The molecule has 0 aliphatic heterocycles. The van der Waals surface area contributed by atoms with E-state index in [4.69, 9.17) is 4.98 Å². The number of H-pyrrole nitrogens is 1. The predicted octanol–water partition coefficient (Wildman–Crippen LogP) is 4.70. The van der Waals surface area contributed by atoms with Crippen LogP contribution in [-0.4, -0.2) is 26.2 Å². The second kappa shape index (κ2) is 9.22. The lowest BCUT2D eigenvalue weighted by atomic mass is 10.1. The summed E-state index contributed by atoms with van der Waals surface area (Å²) < 4.78 is 1.60. The predicted molar refractivity (Wildman–Crippen MR) is 127 cm³/mol. The minimum absolute atomic E-state index is 0.125. The number of aromatic amines is 1. The van der Waals surface area contributed by atoms with Crippen LogP contribution in [0.2, 0.25) is 0 Å². The van der Waals surface area contributed by atoms with Gasteiger partial charge < -0.3 is 10.3 Å². The molecule has 0 aliphatic rings. The molecule has 6 nitrogen and oxygen atoms in total. The molecule has 31 heavy (non-hydrogen) atoms. The Bertz CT molecular complexity index is 1280. The molecule has 7 heteroatoms. The number of amides is 1. The molecule has 2 aromatic carbocycles. The first kappa shape index (κ1) is 20.9. The van der Waals surface area contributed by atoms with Crippen molar-refractivity contribution in [3.05, 3.63) is 76.7 Å². The molecule has 4 rings (SSSR count). The summed E-state index contributed by atoms with van der Waals surface area (Å²) in [6.07, 6.45) is 2.66. The van der Waals surface area contributed by atoms with Gasteiger partial charge in [-0.15, -0.1) is 0 Å². The van der Waals surface area contributed by atoms with Crippen molar-refractivity contribution >= 4 is 34.4 Å². The van der Waals surface area contributed by atoms with E-state index in [1.807, 2.05) is 67.7 Å². The fourth-order valence-electron chi connectivity index (χ4n) is 3.57. The summed E-state index contributed by atoms with van der Waals surface area (Å²) in [6.45, 7) is 4.43. The van der Waals surface area contributed by atoms with Crippen LogP contribution >= 0.6 is 11.8 Å². The molecule has 0 spiro atoms. The largest absolute Gasteiger partial charge is 0.355 e. The van der Waals surface area contributed by atoms with Crippen molar-refractivity contribution in [3.63, 3.8) is 0 Å². The van der Waals surface area contributed by atoms with Crippen LogP contribution in [0.25, 0.3) is 22.2 Å². The number of carbonyl (C=O) groups excluding carboxylic acids is 1. The van der Waals surface area contributed by atoms with Crippen LogP contribution < -0.4 is 10.9 Å². The zero-order valence-corrected chi connectivity index (χ0v) is 18.3. The number of aromatic nitrogens is 3. The standard InChI is InChI=1S/C24H24N4O2S/c1-3-16-10-8-9-13-19(16)26-20(29)15-31-24-27-21-18(17-11-6-5-7-12-17)14-25-22(21)23(30)28(24)4-2/h5-14,25H,3-4,15H2,1-2H3,(H,26,29). The third-order valence-corrected chi connectivity index (χ3v) is 6.13. The average molecular weight is 433 g/mol. The van der Waals surface area contributed by atoms with Gasteiger partial charge in [-0.3, -0.25) is 14.2 Å². The van der Waals surface area contributed by atoms with Gasteiger partial charge in [0, 0.05) is 24.0 Å². The molecule has 0 atom stereocenters. The molecule has 2 N–H and O–H groups in total. The molecular weight excluding hydrogens is 408 g/mol. The second-order valence-electron chi connectivity index (χ2n) is 7.08. The van der Waals surface area contributed by atoms with E-state index in [9.17, 15) is 9.59 Å². The number of hydrogen-bond acceptors (Lipinski definition) is 4. The van der Waals surface area contributed by atoms with Crippen LogP contribution in [-0.2, 0) is 17.8 Å². The Morgan fingerprint density at radius 2 is 1.84 bits per heavy atom. The molecule has 0 saturated carbocycles. The maximum Gasteiger partial charge on any atom is 0.278 e. The van der Waals surface area contributed by atoms with Gasteiger partial charge in [0.25, 0.3) is 5.56 Å². The SMILES string of the molecule is CCc1ccccc1NC(=O)CSc1nc2c(-c3ccccc3)c[nH]c2c(=O)n1CC. The summed E-state index contributed by atoms with van der Waals surface area (Å²) in [5.41, 5.74) is 4.74. The van der Waals surface area contributed by atoms with Gasteiger partial charge in [-0.2, -0.15) is 0 Å². The lowest BCUT2D eigenvalue weighted by Crippen LogP contribution is -2.23. The number of aryl methyl sites for hydroxylation is 1. The summed E-state index contributed by atoms with van der Waals surface area (Å²) in [5, 5.41) is 3.51. The Labute approximate surface area is 184 Å². The Balaban J connectivity index is 1.62. The maximum atomic E-state index is 13.0. The first-order chi connectivity index (χ1) is 15.1. The molecule has 0 aliphatic carbocycles. The quantitative estimate of drug-likeness (QED) is 0.328. The number of carbonyl (C=O) groups is 1. The van der Waals surface area contributed by atoms with Gasteiger partial charge in [0.15, 0.2) is 5.16 Å². The minimum atomic E-state index is -0.131. The Morgan fingerprint density at radius 3 is 2.58 bits per heavy atom. The summed E-state index contributed by atoms with van der Waals surface area (Å²) >= 11 is 1.27. The van der Waals surface area contributed by atoms with Crippen LogP contribution in [0.5, 0.6) is 0 Å². The summed E-state index contributed by atoms with van der Waals surface area (Å²) in [7, 11) is 0. The molecular formula is C24H24N4O2S. The van der Waals surface area contributed by atoms with Gasteiger partial charge in [0.2, 0.25) is 5.91 Å². The van der Waals surface area contributed by atoms with Crippen LogP contribution in [0.1, 0.15) is 19.4 Å². The van der Waals surface area contributed by atoms with Crippen molar-refractivity contribution in [3.8, 4) is 11.1 Å². The highest BCUT2D eigenvalue weighted by Gasteiger charge is 2.17. The van der Waals surface area contributed by atoms with Crippen molar-refractivity contribution in [1.29, 1.82) is 0 Å². The fourth-order valence-corrected chi connectivity index (χ4v) is 4.42. The van der Waals surface area contributed by atoms with Gasteiger partial charge in [-0.05, 0) is 30.5 Å². The smallest absolute Gasteiger partial charge is 0.278 e. The molecule has 0 unspecified atom stereocenters. The number of anilines is 1. The van der Waals surface area contributed by atoms with Gasteiger partial charge in [0.1, 0.15) is 11.0 Å². The number of fused-ring (bicyclic) bond motifs is 1. The van der Waals surface area contributed by atoms with Crippen molar-refractivity contribution in [2.24, 2.45) is 0 Å². The highest BCUT2D eigenvalue weighted by atomic mass is 32.2. The van der Waals surface area contributed by atoms with Crippen molar-refractivity contribution < 1.29 is 4.79 Å². The van der Waals surface area contributed by atoms with Gasteiger partial charge >= 0.3 is 0 Å². The molecule has 0 fully saturated rings. The van der Waals surface area contributed by atoms with E-state index in [0.717, 1.165) is 28.8 Å². The second-order valence-corrected chi connectivity index (χ2v) is 8.03. The van der Waals surface area contributed by atoms with E-state index in [2.05, 4.69) is 17.2 Å². The number of benzene rings is 2. The molecule has 2 aromatic heterocycles. The lowest BCUT2D eigenvalue weighted by Gasteiger charge is -2.12. The first-order valence-corrected chi connectivity index (χ1v) is 11.3. The number of thioether (sulfide) groups is 1. The van der Waals surface area contributed by atoms with Gasteiger partial charge in [-0.25, -0.2) is 4.98 Å². The normalized spacial score (nSPS) is 11.0. The monoisotopic (exact) mass is 432 g/mol. The van der Waals surface area contributed by atoms with E-state index >= 15 is 0 Å². The topological polar surface area (TPSA) is 79.8 Å². The number of rotatable bonds is 7. The molecule has 0 saturated heterocycles. The van der Waals surface area contributed by atoms with E-state index in [0.29, 0.717) is 22.7 Å². The zero-order valence-electron chi connectivity index (χ0n) is 17.5. The molecule has 0 bridgehead atoms. The van der Waals surface area contributed by atoms with E-state index in [1.54, 1.807) is 4.57 Å². The number of para-hydroxylation sites is 1. The van der Waals surface area contributed by atoms with Gasteiger partial charge in [0.05, 0.1) is 5.75 Å². The van der Waals surface area contributed by atoms with E-state index < -0.39 is 0 Å². The summed E-state index contributed by atoms with van der Waals surface area (Å²) in [6, 6.07) is 17.6. The lowest BCUT2D eigenvalue weighted by molar-refractivity contribution is -0.113. The van der Waals surface area contributed by atoms with Crippen LogP contribution in [0, 0.1) is 0 Å². The van der Waals surface area contributed by atoms with Crippen LogP contribution in [0.4, 0.5) is 5.69 Å². The molecule has 1 amide bonds. The molecule has 158 valence electrons. The van der Waals surface area contributed by atoms with Crippen LogP contribution in [0.3, 0.4) is 0 Å². The third kappa shape index (κ3) is 4.27. The highest BCUT2D eigenvalue weighted by molar-refractivity contribution is 7.99. The number of nitrogens with zero attached hydrogens (tertiary/aromatic N) is 2. The van der Waals surface area contributed by atoms with Crippen molar-refractivity contribution in [2.45, 2.75) is 32.0 Å². The maximum absolute atomic E-state index is 13.0. The van der Waals surface area contributed by atoms with E-state index in [-0.39, 0.29) is 17.2 Å². The Hall–Kier alpha value is -3.32. The fraction of sp³-hybridized carbons (Fsp3) is 0.208. The number of nitrogens with one attached hydrogen (secondary N) is 2. The molecule has 2 heterocycles. The minimum Gasteiger partial charge on any atom is -0.355 e. The number of hydrogen-bond donors (Lipinski definition) is 2. The summed E-state index contributed by atoms with van der Waals surface area (Å²) in [4.78, 5) is 33.5.